The van der Waals surface area contributed by atoms with E-state index in [9.17, 15) is 9.59 Å². The number of fused-ring (bicyclic) bond motifs is 1. The number of aryl methyl sites for hydroxylation is 1. The second-order valence-electron chi connectivity index (χ2n) is 8.66. The number of rotatable bonds is 5. The zero-order valence-corrected chi connectivity index (χ0v) is 17.4. The van der Waals surface area contributed by atoms with Crippen molar-refractivity contribution in [1.29, 1.82) is 0 Å². The first-order valence-electron chi connectivity index (χ1n) is 10.8. The summed E-state index contributed by atoms with van der Waals surface area (Å²) in [7, 11) is 0. The molecule has 29 heavy (non-hydrogen) atoms. The summed E-state index contributed by atoms with van der Waals surface area (Å²) in [6.45, 7) is 5.14. The van der Waals surface area contributed by atoms with E-state index in [-0.39, 0.29) is 17.9 Å². The Morgan fingerprint density at radius 2 is 1.90 bits per heavy atom. The average molecular weight is 394 g/mol. The molecule has 1 saturated carbocycles. The van der Waals surface area contributed by atoms with Gasteiger partial charge in [0, 0.05) is 18.8 Å². The number of amides is 2. The van der Waals surface area contributed by atoms with Crippen LogP contribution in [0.3, 0.4) is 0 Å². The molecular formula is C24H31N3O2. The number of hydrogen-bond acceptors (Lipinski definition) is 2. The first-order valence-corrected chi connectivity index (χ1v) is 10.8. The van der Waals surface area contributed by atoms with E-state index in [4.69, 9.17) is 0 Å². The highest BCUT2D eigenvalue weighted by molar-refractivity contribution is 5.90. The van der Waals surface area contributed by atoms with Crippen LogP contribution in [0.15, 0.2) is 42.6 Å². The fourth-order valence-corrected chi connectivity index (χ4v) is 4.69. The number of benzene rings is 1. The highest BCUT2D eigenvalue weighted by atomic mass is 16.2. The molecule has 0 saturated heterocycles. The topological polar surface area (TPSA) is 54.3 Å². The third-order valence-corrected chi connectivity index (χ3v) is 6.53. The maximum atomic E-state index is 13.4. The van der Waals surface area contributed by atoms with Crippen LogP contribution < -0.4 is 5.32 Å². The molecule has 5 nitrogen and oxygen atoms in total. The summed E-state index contributed by atoms with van der Waals surface area (Å²) in [6, 6.07) is 11.9. The van der Waals surface area contributed by atoms with Gasteiger partial charge in [0.15, 0.2) is 6.04 Å². The molecule has 154 valence electrons. The second-order valence-corrected chi connectivity index (χ2v) is 8.66. The Hall–Kier alpha value is -2.56. The molecule has 1 aromatic heterocycles. The van der Waals surface area contributed by atoms with E-state index in [2.05, 4.69) is 43.4 Å². The Morgan fingerprint density at radius 1 is 1.14 bits per heavy atom. The van der Waals surface area contributed by atoms with Crippen LogP contribution in [0.4, 0.5) is 0 Å². The molecule has 1 aliphatic heterocycles. The fraction of sp³-hybridized carbons (Fsp3) is 0.500. The van der Waals surface area contributed by atoms with E-state index >= 15 is 0 Å². The van der Waals surface area contributed by atoms with Crippen LogP contribution in [0.5, 0.6) is 0 Å². The molecule has 0 spiro atoms. The number of carbonyl (C=O) groups excluding carboxylic acids is 2. The number of carbonyl (C=O) groups is 2. The highest BCUT2D eigenvalue weighted by Crippen LogP contribution is 2.29. The van der Waals surface area contributed by atoms with Gasteiger partial charge in [-0.05, 0) is 49.8 Å². The zero-order chi connectivity index (χ0) is 20.4. The van der Waals surface area contributed by atoms with Crippen molar-refractivity contribution in [3.05, 3.63) is 59.4 Å². The van der Waals surface area contributed by atoms with Crippen molar-refractivity contribution in [3.8, 4) is 0 Å². The summed E-state index contributed by atoms with van der Waals surface area (Å²) in [5, 5.41) is 3.28. The van der Waals surface area contributed by atoms with Crippen molar-refractivity contribution >= 4 is 11.8 Å². The monoisotopic (exact) mass is 393 g/mol. The average Bonchev–Trinajstić information content (AvgIpc) is 3.16. The van der Waals surface area contributed by atoms with Gasteiger partial charge in [0.1, 0.15) is 6.54 Å². The molecule has 1 aromatic carbocycles. The van der Waals surface area contributed by atoms with E-state index in [1.807, 2.05) is 22.9 Å². The summed E-state index contributed by atoms with van der Waals surface area (Å²) in [5.74, 6) is 0.457. The van der Waals surface area contributed by atoms with E-state index < -0.39 is 6.04 Å². The molecule has 0 bridgehead atoms. The van der Waals surface area contributed by atoms with Crippen molar-refractivity contribution in [2.24, 2.45) is 5.92 Å². The summed E-state index contributed by atoms with van der Waals surface area (Å²) in [4.78, 5) is 28.1. The van der Waals surface area contributed by atoms with Crippen molar-refractivity contribution in [2.45, 2.75) is 64.6 Å². The zero-order valence-electron chi connectivity index (χ0n) is 17.4. The quantitative estimate of drug-likeness (QED) is 0.844. The predicted molar refractivity (Wildman–Crippen MR) is 113 cm³/mol. The van der Waals surface area contributed by atoms with Crippen LogP contribution in [0.1, 0.15) is 55.5 Å². The molecule has 3 atom stereocenters. The molecule has 2 heterocycles. The van der Waals surface area contributed by atoms with Crippen LogP contribution in [-0.4, -0.2) is 33.9 Å². The first kappa shape index (κ1) is 19.7. The number of nitrogens with one attached hydrogen (secondary N) is 1. The van der Waals surface area contributed by atoms with Crippen molar-refractivity contribution in [1.82, 2.24) is 14.8 Å². The van der Waals surface area contributed by atoms with Crippen LogP contribution in [0.25, 0.3) is 0 Å². The fourth-order valence-electron chi connectivity index (χ4n) is 4.69. The van der Waals surface area contributed by atoms with E-state index in [0.717, 1.165) is 31.4 Å². The lowest BCUT2D eigenvalue weighted by molar-refractivity contribution is -0.144. The summed E-state index contributed by atoms with van der Waals surface area (Å²) in [6.07, 6.45) is 7.22. The molecule has 1 fully saturated rings. The van der Waals surface area contributed by atoms with E-state index in [0.29, 0.717) is 19.0 Å². The van der Waals surface area contributed by atoms with Gasteiger partial charge in [0.25, 0.3) is 0 Å². The Balaban J connectivity index is 1.54. The van der Waals surface area contributed by atoms with Gasteiger partial charge < -0.3 is 14.8 Å². The van der Waals surface area contributed by atoms with Gasteiger partial charge in [-0.3, -0.25) is 9.59 Å². The minimum atomic E-state index is -0.550. The van der Waals surface area contributed by atoms with Crippen molar-refractivity contribution in [2.75, 3.05) is 6.54 Å². The molecule has 1 aliphatic carbocycles. The molecular weight excluding hydrogens is 362 g/mol. The number of hydrogen-bond donors (Lipinski definition) is 1. The Labute approximate surface area is 173 Å². The lowest BCUT2D eigenvalue weighted by Crippen LogP contribution is -2.52. The normalized spacial score (nSPS) is 24.3. The molecule has 4 rings (SSSR count). The third-order valence-electron chi connectivity index (χ3n) is 6.53. The van der Waals surface area contributed by atoms with E-state index in [1.54, 1.807) is 4.90 Å². The molecule has 2 amide bonds. The standard InChI is InChI=1S/C24H31N3O2/c1-17-9-11-19(12-10-17)13-15-27-22(28)16-26-14-5-8-21(26)23(27)24(29)25-20-7-4-3-6-18(20)2/h5,8-12,14,18,20,23H,3-4,6-7,13,15-16H2,1-2H3,(H,25,29). The lowest BCUT2D eigenvalue weighted by atomic mass is 9.85. The maximum Gasteiger partial charge on any atom is 0.249 e. The SMILES string of the molecule is Cc1ccc(CCN2C(=O)Cn3cccc3C2C(=O)NC2CCCCC2C)cc1. The minimum absolute atomic E-state index is 0.0117. The number of aromatic nitrogens is 1. The highest BCUT2D eigenvalue weighted by Gasteiger charge is 2.38. The summed E-state index contributed by atoms with van der Waals surface area (Å²) in [5.41, 5.74) is 3.32. The van der Waals surface area contributed by atoms with E-state index in [1.165, 1.54) is 17.5 Å². The van der Waals surface area contributed by atoms with Crippen LogP contribution in [0, 0.1) is 12.8 Å². The van der Waals surface area contributed by atoms with Gasteiger partial charge in [-0.25, -0.2) is 0 Å². The summed E-state index contributed by atoms with van der Waals surface area (Å²) < 4.78 is 1.92. The Bertz CT molecular complexity index is 871. The van der Waals surface area contributed by atoms with Gasteiger partial charge in [-0.2, -0.15) is 0 Å². The van der Waals surface area contributed by atoms with Gasteiger partial charge in [-0.1, -0.05) is 49.6 Å². The van der Waals surface area contributed by atoms with Crippen LogP contribution in [-0.2, 0) is 22.6 Å². The lowest BCUT2D eigenvalue weighted by Gasteiger charge is -2.38. The molecule has 3 unspecified atom stereocenters. The van der Waals surface area contributed by atoms with Crippen molar-refractivity contribution < 1.29 is 9.59 Å². The predicted octanol–water partition coefficient (Wildman–Crippen LogP) is 3.62. The van der Waals surface area contributed by atoms with Gasteiger partial charge in [-0.15, -0.1) is 0 Å². The van der Waals surface area contributed by atoms with Gasteiger partial charge in [0.2, 0.25) is 11.8 Å². The molecule has 0 radical (unpaired) electrons. The second kappa shape index (κ2) is 8.44. The Morgan fingerprint density at radius 3 is 2.66 bits per heavy atom. The molecule has 2 aromatic rings. The summed E-state index contributed by atoms with van der Waals surface area (Å²) >= 11 is 0. The maximum absolute atomic E-state index is 13.4. The smallest absolute Gasteiger partial charge is 0.249 e. The first-order chi connectivity index (χ1) is 14.0. The minimum Gasteiger partial charge on any atom is -0.351 e. The van der Waals surface area contributed by atoms with Gasteiger partial charge >= 0.3 is 0 Å². The molecule has 2 aliphatic rings. The van der Waals surface area contributed by atoms with Gasteiger partial charge in [0.05, 0.1) is 5.69 Å². The number of nitrogens with zero attached hydrogens (tertiary/aromatic N) is 2. The van der Waals surface area contributed by atoms with Crippen LogP contribution in [0.2, 0.25) is 0 Å². The molecule has 5 heteroatoms. The largest absolute Gasteiger partial charge is 0.351 e. The third kappa shape index (κ3) is 4.24. The molecule has 1 N–H and O–H groups in total. The van der Waals surface area contributed by atoms with Crippen molar-refractivity contribution in [3.63, 3.8) is 0 Å². The Kier molecular flexibility index (Phi) is 5.74. The van der Waals surface area contributed by atoms with Crippen LogP contribution >= 0.6 is 0 Å².